The largest absolute Gasteiger partial charge is 0.378 e. The molecule has 4 rings (SSSR count). The monoisotopic (exact) mass is 354 g/mol. The Hall–Kier alpha value is -1.69. The Balaban J connectivity index is 1.67. The van der Waals surface area contributed by atoms with E-state index in [1.54, 1.807) is 0 Å². The van der Waals surface area contributed by atoms with Gasteiger partial charge in [0.2, 0.25) is 0 Å². The fraction of sp³-hybridized carbons (Fsp3) is 0.571. The van der Waals surface area contributed by atoms with E-state index in [-0.39, 0.29) is 0 Å². The van der Waals surface area contributed by atoms with Gasteiger partial charge < -0.3 is 14.5 Å². The number of pyridine rings is 1. The number of benzene rings is 1. The van der Waals surface area contributed by atoms with Gasteiger partial charge in [-0.05, 0) is 51.2 Å². The molecule has 26 heavy (non-hydrogen) atoms. The molecule has 0 saturated carbocycles. The van der Waals surface area contributed by atoms with Crippen molar-refractivity contribution in [2.45, 2.75) is 19.9 Å². The van der Waals surface area contributed by atoms with Gasteiger partial charge in [0.05, 0.1) is 18.7 Å². The van der Waals surface area contributed by atoms with Gasteiger partial charge in [0, 0.05) is 43.7 Å². The molecular weight excluding hydrogens is 324 g/mol. The minimum Gasteiger partial charge on any atom is -0.378 e. The molecule has 2 saturated heterocycles. The summed E-state index contributed by atoms with van der Waals surface area (Å²) >= 11 is 0. The lowest BCUT2D eigenvalue weighted by atomic mass is 10.1. The Morgan fingerprint density at radius 2 is 1.85 bits per heavy atom. The van der Waals surface area contributed by atoms with Crippen LogP contribution in [0.4, 0.5) is 5.82 Å². The second kappa shape index (κ2) is 7.91. The number of nitrogens with zero attached hydrogens (tertiary/aromatic N) is 4. The minimum absolute atomic E-state index is 0.793. The number of hydrogen-bond acceptors (Lipinski definition) is 5. The standard InChI is InChI=1S/C21H30N4O/c1-17-4-5-18-15-19(16-24-7-3-6-23(2)8-9-24)21(22-20(18)14-17)25-10-12-26-13-11-25/h4-5,14-15H,3,6-13,16H2,1-2H3. The summed E-state index contributed by atoms with van der Waals surface area (Å²) in [5.74, 6) is 1.16. The molecule has 0 bridgehead atoms. The van der Waals surface area contributed by atoms with Gasteiger partial charge in [-0.2, -0.15) is 0 Å². The Morgan fingerprint density at radius 3 is 2.69 bits per heavy atom. The highest BCUT2D eigenvalue weighted by molar-refractivity contribution is 5.82. The first kappa shape index (κ1) is 17.7. The first-order valence-electron chi connectivity index (χ1n) is 9.83. The number of aryl methyl sites for hydroxylation is 1. The Kier molecular flexibility index (Phi) is 5.38. The van der Waals surface area contributed by atoms with Crippen LogP contribution in [0.2, 0.25) is 0 Å². The maximum Gasteiger partial charge on any atom is 0.133 e. The Labute approximate surface area is 156 Å². The van der Waals surface area contributed by atoms with Gasteiger partial charge in [-0.25, -0.2) is 4.98 Å². The molecule has 2 aromatic rings. The zero-order chi connectivity index (χ0) is 17.9. The molecule has 0 atom stereocenters. The maximum absolute atomic E-state index is 5.56. The van der Waals surface area contributed by atoms with E-state index >= 15 is 0 Å². The van der Waals surface area contributed by atoms with Crippen LogP contribution >= 0.6 is 0 Å². The van der Waals surface area contributed by atoms with E-state index in [0.717, 1.165) is 57.3 Å². The van der Waals surface area contributed by atoms with Crippen LogP contribution in [0.1, 0.15) is 17.5 Å². The molecule has 3 heterocycles. The molecule has 0 amide bonds. The molecule has 0 aliphatic carbocycles. The van der Waals surface area contributed by atoms with Crippen molar-refractivity contribution in [2.75, 3.05) is 64.4 Å². The van der Waals surface area contributed by atoms with E-state index in [1.807, 2.05) is 0 Å². The van der Waals surface area contributed by atoms with Gasteiger partial charge in [0.25, 0.3) is 0 Å². The van der Waals surface area contributed by atoms with Gasteiger partial charge in [0.15, 0.2) is 0 Å². The maximum atomic E-state index is 5.56. The van der Waals surface area contributed by atoms with E-state index < -0.39 is 0 Å². The van der Waals surface area contributed by atoms with Crippen molar-refractivity contribution in [2.24, 2.45) is 0 Å². The SMILES string of the molecule is Cc1ccc2cc(CN3CCCN(C)CC3)c(N3CCOCC3)nc2c1. The van der Waals surface area contributed by atoms with Crippen LogP contribution in [0.3, 0.4) is 0 Å². The normalized spacial score (nSPS) is 20.5. The predicted octanol–water partition coefficient (Wildman–Crippen LogP) is 2.52. The Bertz CT molecular complexity index is 757. The van der Waals surface area contributed by atoms with E-state index in [2.05, 4.69) is 52.9 Å². The number of morpholine rings is 1. The van der Waals surface area contributed by atoms with Crippen molar-refractivity contribution in [3.05, 3.63) is 35.4 Å². The summed E-state index contributed by atoms with van der Waals surface area (Å²) in [6, 6.07) is 8.95. The van der Waals surface area contributed by atoms with E-state index in [0.29, 0.717) is 0 Å². The third kappa shape index (κ3) is 4.00. The molecular formula is C21H30N4O. The fourth-order valence-electron chi connectivity index (χ4n) is 3.98. The molecule has 5 nitrogen and oxygen atoms in total. The van der Waals surface area contributed by atoms with E-state index in [4.69, 9.17) is 9.72 Å². The molecule has 0 radical (unpaired) electrons. The Morgan fingerprint density at radius 1 is 1.00 bits per heavy atom. The van der Waals surface area contributed by atoms with Crippen LogP contribution in [-0.2, 0) is 11.3 Å². The lowest BCUT2D eigenvalue weighted by molar-refractivity contribution is 0.122. The number of likely N-dealkylation sites (N-methyl/N-ethyl adjacent to an activating group) is 1. The van der Waals surface area contributed by atoms with E-state index in [1.165, 1.54) is 36.0 Å². The molecule has 2 aliphatic heterocycles. The van der Waals surface area contributed by atoms with E-state index in [9.17, 15) is 0 Å². The van der Waals surface area contributed by atoms with Crippen LogP contribution in [-0.4, -0.2) is 74.3 Å². The third-order valence-corrected chi connectivity index (χ3v) is 5.55. The highest BCUT2D eigenvalue weighted by Gasteiger charge is 2.20. The van der Waals surface area contributed by atoms with Crippen molar-refractivity contribution >= 4 is 16.7 Å². The lowest BCUT2D eigenvalue weighted by Gasteiger charge is -2.31. The number of hydrogen-bond donors (Lipinski definition) is 0. The molecule has 5 heteroatoms. The molecule has 0 N–H and O–H groups in total. The second-order valence-corrected chi connectivity index (χ2v) is 7.70. The highest BCUT2D eigenvalue weighted by Crippen LogP contribution is 2.26. The first-order valence-corrected chi connectivity index (χ1v) is 9.83. The number of fused-ring (bicyclic) bond motifs is 1. The summed E-state index contributed by atoms with van der Waals surface area (Å²) < 4.78 is 5.56. The topological polar surface area (TPSA) is 31.8 Å². The number of ether oxygens (including phenoxy) is 1. The zero-order valence-electron chi connectivity index (χ0n) is 16.1. The second-order valence-electron chi connectivity index (χ2n) is 7.70. The number of anilines is 1. The average Bonchev–Trinajstić information content (AvgIpc) is 2.86. The summed E-state index contributed by atoms with van der Waals surface area (Å²) in [4.78, 5) is 12.5. The molecule has 0 unspecified atom stereocenters. The quantitative estimate of drug-likeness (QED) is 0.846. The van der Waals surface area contributed by atoms with Gasteiger partial charge in [-0.3, -0.25) is 4.90 Å². The summed E-state index contributed by atoms with van der Waals surface area (Å²) in [5, 5.41) is 1.24. The molecule has 1 aromatic carbocycles. The lowest BCUT2D eigenvalue weighted by Crippen LogP contribution is -2.38. The summed E-state index contributed by atoms with van der Waals surface area (Å²) in [6.07, 6.45) is 1.24. The van der Waals surface area contributed by atoms with Crippen molar-refractivity contribution in [1.29, 1.82) is 0 Å². The highest BCUT2D eigenvalue weighted by atomic mass is 16.5. The van der Waals surface area contributed by atoms with Crippen molar-refractivity contribution in [3.63, 3.8) is 0 Å². The fourth-order valence-corrected chi connectivity index (χ4v) is 3.98. The molecule has 0 spiro atoms. The third-order valence-electron chi connectivity index (χ3n) is 5.55. The summed E-state index contributed by atoms with van der Waals surface area (Å²) in [5.41, 5.74) is 3.72. The molecule has 2 aliphatic rings. The zero-order valence-corrected chi connectivity index (χ0v) is 16.1. The van der Waals surface area contributed by atoms with Crippen LogP contribution in [0.15, 0.2) is 24.3 Å². The van der Waals surface area contributed by atoms with Crippen LogP contribution in [0, 0.1) is 6.92 Å². The average molecular weight is 354 g/mol. The predicted molar refractivity (Wildman–Crippen MR) is 107 cm³/mol. The van der Waals surface area contributed by atoms with Crippen LogP contribution < -0.4 is 4.90 Å². The summed E-state index contributed by atoms with van der Waals surface area (Å²) in [7, 11) is 2.22. The van der Waals surface area contributed by atoms with Crippen molar-refractivity contribution in [3.8, 4) is 0 Å². The molecule has 140 valence electrons. The van der Waals surface area contributed by atoms with Crippen molar-refractivity contribution < 1.29 is 4.74 Å². The number of aromatic nitrogens is 1. The van der Waals surface area contributed by atoms with Gasteiger partial charge in [0.1, 0.15) is 5.82 Å². The van der Waals surface area contributed by atoms with Gasteiger partial charge in [-0.1, -0.05) is 12.1 Å². The van der Waals surface area contributed by atoms with Gasteiger partial charge >= 0.3 is 0 Å². The smallest absolute Gasteiger partial charge is 0.133 e. The van der Waals surface area contributed by atoms with Gasteiger partial charge in [-0.15, -0.1) is 0 Å². The molecule has 1 aromatic heterocycles. The first-order chi connectivity index (χ1) is 12.7. The van der Waals surface area contributed by atoms with Crippen LogP contribution in [0.5, 0.6) is 0 Å². The van der Waals surface area contributed by atoms with Crippen molar-refractivity contribution in [1.82, 2.24) is 14.8 Å². The molecule has 2 fully saturated rings. The minimum atomic E-state index is 0.793. The summed E-state index contributed by atoms with van der Waals surface area (Å²) in [6.45, 7) is 11.2. The number of rotatable bonds is 3. The van der Waals surface area contributed by atoms with Crippen LogP contribution in [0.25, 0.3) is 10.9 Å².